The number of alkyl halides is 2. The third-order valence-corrected chi connectivity index (χ3v) is 4.85. The highest BCUT2D eigenvalue weighted by Gasteiger charge is 2.22. The summed E-state index contributed by atoms with van der Waals surface area (Å²) in [7, 11) is 0. The largest absolute Gasteiger partial charge is 0.297 e. The van der Waals surface area contributed by atoms with Gasteiger partial charge in [0.2, 0.25) is 0 Å². The third-order valence-electron chi connectivity index (χ3n) is 3.03. The van der Waals surface area contributed by atoms with Crippen molar-refractivity contribution in [2.24, 2.45) is 0 Å². The molecule has 0 heterocycles. The predicted molar refractivity (Wildman–Crippen MR) is 72.0 cm³/mol. The quantitative estimate of drug-likeness (QED) is 0.589. The fourth-order valence-corrected chi connectivity index (χ4v) is 3.65. The van der Waals surface area contributed by atoms with Gasteiger partial charge in [0.15, 0.2) is 5.78 Å². The lowest BCUT2D eigenvalue weighted by Gasteiger charge is -2.15. The zero-order valence-electron chi connectivity index (χ0n) is 9.18. The van der Waals surface area contributed by atoms with Crippen molar-refractivity contribution in [2.75, 3.05) is 0 Å². The topological polar surface area (TPSA) is 17.1 Å². The molecule has 0 spiro atoms. The van der Waals surface area contributed by atoms with Crippen LogP contribution >= 0.6 is 31.9 Å². The second-order valence-corrected chi connectivity index (χ2v) is 6.60. The van der Waals surface area contributed by atoms with Crippen LogP contribution < -0.4 is 0 Å². The van der Waals surface area contributed by atoms with Gasteiger partial charge in [-0.05, 0) is 12.8 Å². The first-order valence-electron chi connectivity index (χ1n) is 6.03. The Morgan fingerprint density at radius 3 is 1.47 bits per heavy atom. The van der Waals surface area contributed by atoms with Crippen LogP contribution in [0.3, 0.4) is 0 Å². The first-order valence-corrected chi connectivity index (χ1v) is 7.87. The molecule has 3 heteroatoms. The molecule has 88 valence electrons. The van der Waals surface area contributed by atoms with Crippen molar-refractivity contribution in [1.82, 2.24) is 0 Å². The minimum atomic E-state index is 0.0706. The Morgan fingerprint density at radius 1 is 0.733 bits per heavy atom. The van der Waals surface area contributed by atoms with Crippen LogP contribution in [0.1, 0.15) is 57.8 Å². The zero-order chi connectivity index (χ0) is 11.1. The maximum atomic E-state index is 11.9. The van der Waals surface area contributed by atoms with E-state index in [0.29, 0.717) is 5.78 Å². The Balaban J connectivity index is 2.40. The van der Waals surface area contributed by atoms with Gasteiger partial charge >= 0.3 is 0 Å². The van der Waals surface area contributed by atoms with Gasteiger partial charge in [0.25, 0.3) is 0 Å². The molecule has 15 heavy (non-hydrogen) atoms. The zero-order valence-corrected chi connectivity index (χ0v) is 12.4. The Morgan fingerprint density at radius 2 is 1.07 bits per heavy atom. The van der Waals surface area contributed by atoms with E-state index in [4.69, 9.17) is 0 Å². The number of rotatable bonds is 0. The molecular weight excluding hydrogens is 320 g/mol. The number of hydrogen-bond acceptors (Lipinski definition) is 1. The van der Waals surface area contributed by atoms with Gasteiger partial charge in [-0.3, -0.25) is 4.79 Å². The minimum absolute atomic E-state index is 0.0706. The Hall–Kier alpha value is 0.630. The molecule has 0 bridgehead atoms. The van der Waals surface area contributed by atoms with Crippen LogP contribution in [0.15, 0.2) is 0 Å². The molecule has 0 aromatic carbocycles. The summed E-state index contributed by atoms with van der Waals surface area (Å²) in [5.74, 6) is 0.343. The molecule has 0 saturated heterocycles. The summed E-state index contributed by atoms with van der Waals surface area (Å²) in [6.45, 7) is 0. The molecule has 0 amide bonds. The molecule has 1 saturated carbocycles. The van der Waals surface area contributed by atoms with E-state index in [0.717, 1.165) is 12.8 Å². The third kappa shape index (κ3) is 5.48. The van der Waals surface area contributed by atoms with E-state index < -0.39 is 0 Å². The molecule has 0 aromatic rings. The number of ketones is 1. The van der Waals surface area contributed by atoms with Crippen molar-refractivity contribution in [1.29, 1.82) is 0 Å². The molecule has 2 atom stereocenters. The fraction of sp³-hybridized carbons (Fsp3) is 0.917. The molecule has 1 nitrogen and oxygen atoms in total. The number of halogens is 2. The van der Waals surface area contributed by atoms with E-state index in [-0.39, 0.29) is 9.65 Å². The van der Waals surface area contributed by atoms with E-state index in [1.807, 2.05) is 0 Å². The van der Waals surface area contributed by atoms with E-state index >= 15 is 0 Å². The summed E-state index contributed by atoms with van der Waals surface area (Å²) in [6.07, 6.45) is 11.0. The summed E-state index contributed by atoms with van der Waals surface area (Å²) in [4.78, 5) is 12.0. The monoisotopic (exact) mass is 338 g/mol. The standard InChI is InChI=1S/C12H20Br2O/c13-10-8-6-4-2-1-3-5-7-9-11(14)12(10)15/h10-11H,1-9H2/t10-,11+. The van der Waals surface area contributed by atoms with E-state index in [2.05, 4.69) is 31.9 Å². The Bertz CT molecular complexity index is 176. The highest BCUT2D eigenvalue weighted by atomic mass is 79.9. The van der Waals surface area contributed by atoms with Crippen molar-refractivity contribution in [3.63, 3.8) is 0 Å². The molecule has 1 fully saturated rings. The number of hydrogen-bond donors (Lipinski definition) is 0. The van der Waals surface area contributed by atoms with Gasteiger partial charge in [-0.2, -0.15) is 0 Å². The van der Waals surface area contributed by atoms with Crippen molar-refractivity contribution in [2.45, 2.75) is 67.4 Å². The minimum Gasteiger partial charge on any atom is -0.297 e. The Labute approximate surface area is 110 Å². The lowest BCUT2D eigenvalue weighted by molar-refractivity contribution is -0.118. The highest BCUT2D eigenvalue weighted by Crippen LogP contribution is 2.22. The van der Waals surface area contributed by atoms with Crippen LogP contribution in [0.5, 0.6) is 0 Å². The van der Waals surface area contributed by atoms with Crippen molar-refractivity contribution < 1.29 is 4.79 Å². The predicted octanol–water partition coefficient (Wildman–Crippen LogP) is 4.61. The second-order valence-electron chi connectivity index (χ2n) is 4.39. The van der Waals surface area contributed by atoms with Crippen LogP contribution in [-0.2, 0) is 4.79 Å². The molecule has 0 aliphatic heterocycles. The molecule has 0 unspecified atom stereocenters. The molecule has 0 radical (unpaired) electrons. The maximum Gasteiger partial charge on any atom is 0.160 e. The highest BCUT2D eigenvalue weighted by molar-refractivity contribution is 9.10. The van der Waals surface area contributed by atoms with Crippen LogP contribution in [0.2, 0.25) is 0 Å². The molecule has 1 rings (SSSR count). The lowest BCUT2D eigenvalue weighted by atomic mass is 10.0. The first kappa shape index (κ1) is 13.7. The average molecular weight is 340 g/mol. The van der Waals surface area contributed by atoms with Crippen molar-refractivity contribution >= 4 is 37.6 Å². The van der Waals surface area contributed by atoms with Gasteiger partial charge in [-0.25, -0.2) is 0 Å². The Kier molecular flexibility index (Phi) is 7.15. The number of carbonyl (C=O) groups excluding carboxylic acids is 1. The normalized spacial score (nSPS) is 31.7. The van der Waals surface area contributed by atoms with E-state index in [1.165, 1.54) is 44.9 Å². The summed E-state index contributed by atoms with van der Waals surface area (Å²) < 4.78 is 0. The maximum absolute atomic E-state index is 11.9. The number of carbonyl (C=O) groups is 1. The smallest absolute Gasteiger partial charge is 0.160 e. The summed E-state index contributed by atoms with van der Waals surface area (Å²) in [5, 5.41) is 0. The van der Waals surface area contributed by atoms with Gasteiger partial charge in [0.05, 0.1) is 9.65 Å². The van der Waals surface area contributed by atoms with E-state index in [1.54, 1.807) is 0 Å². The van der Waals surface area contributed by atoms with Gasteiger partial charge in [0.1, 0.15) is 0 Å². The van der Waals surface area contributed by atoms with Crippen LogP contribution in [0, 0.1) is 0 Å². The van der Waals surface area contributed by atoms with Crippen LogP contribution in [0.4, 0.5) is 0 Å². The van der Waals surface area contributed by atoms with Gasteiger partial charge in [0, 0.05) is 0 Å². The molecule has 1 aliphatic carbocycles. The van der Waals surface area contributed by atoms with Crippen LogP contribution in [0.25, 0.3) is 0 Å². The SMILES string of the molecule is O=C1[C@H](Br)CCCCCCCCC[C@@H]1Br. The van der Waals surface area contributed by atoms with Crippen molar-refractivity contribution in [3.8, 4) is 0 Å². The van der Waals surface area contributed by atoms with Crippen LogP contribution in [-0.4, -0.2) is 15.4 Å². The summed E-state index contributed by atoms with van der Waals surface area (Å²) in [6, 6.07) is 0. The molecule has 1 aliphatic rings. The van der Waals surface area contributed by atoms with Gasteiger partial charge in [-0.15, -0.1) is 0 Å². The lowest BCUT2D eigenvalue weighted by Crippen LogP contribution is -2.24. The van der Waals surface area contributed by atoms with Crippen molar-refractivity contribution in [3.05, 3.63) is 0 Å². The summed E-state index contributed by atoms with van der Waals surface area (Å²) >= 11 is 7.01. The van der Waals surface area contributed by atoms with E-state index in [9.17, 15) is 4.79 Å². The fourth-order valence-electron chi connectivity index (χ4n) is 2.01. The molecular formula is C12H20Br2O. The summed E-state index contributed by atoms with van der Waals surface area (Å²) in [5.41, 5.74) is 0. The average Bonchev–Trinajstić information content (AvgIpc) is 2.23. The van der Waals surface area contributed by atoms with Gasteiger partial charge < -0.3 is 0 Å². The van der Waals surface area contributed by atoms with Gasteiger partial charge in [-0.1, -0.05) is 76.8 Å². The molecule has 0 aromatic heterocycles. The number of Topliss-reactive ketones (excluding diaryl/α,β-unsaturated/α-hetero) is 1. The second kappa shape index (κ2) is 7.83. The first-order chi connectivity index (χ1) is 7.22. The molecule has 0 N–H and O–H groups in total.